The molecule has 0 saturated carbocycles. The predicted molar refractivity (Wildman–Crippen MR) is 57.5 cm³/mol. The Morgan fingerprint density at radius 2 is 1.68 bits per heavy atom. The third-order valence-electron chi connectivity index (χ3n) is 2.20. The molecule has 1 saturated heterocycles. The van der Waals surface area contributed by atoms with E-state index >= 15 is 0 Å². The summed E-state index contributed by atoms with van der Waals surface area (Å²) < 4.78 is 53.1. The molecule has 0 aromatic heterocycles. The number of halogens is 1. The summed E-state index contributed by atoms with van der Waals surface area (Å²) >= 11 is 0. The summed E-state index contributed by atoms with van der Waals surface area (Å²) in [6.45, 7) is -2.67. The van der Waals surface area contributed by atoms with E-state index < -0.39 is 69.9 Å². The van der Waals surface area contributed by atoms with Crippen molar-refractivity contribution >= 4 is 17.9 Å². The van der Waals surface area contributed by atoms with Gasteiger partial charge in [0.1, 0.15) is 12.7 Å². The Morgan fingerprint density at radius 3 is 2.26 bits per heavy atom. The molecule has 1 heterocycles. The number of esters is 3. The van der Waals surface area contributed by atoms with Gasteiger partial charge in [-0.2, -0.15) is 0 Å². The van der Waals surface area contributed by atoms with Crippen LogP contribution in [0.5, 0.6) is 0 Å². The molecule has 0 aliphatic carbocycles. The predicted octanol–water partition coefficient (Wildman–Crippen LogP) is 0.107. The highest BCUT2D eigenvalue weighted by Gasteiger charge is 2.50. The van der Waals surface area contributed by atoms with Gasteiger partial charge in [0.2, 0.25) is 6.36 Å². The first-order valence-corrected chi connectivity index (χ1v) is 5.14. The summed E-state index contributed by atoms with van der Waals surface area (Å²) in [5.41, 5.74) is 0. The number of hydrogen-bond acceptors (Lipinski definition) is 7. The smallest absolute Gasteiger partial charge is 0.303 e. The molecule has 0 spiro atoms. The number of carbonyl (C=O) groups excluding carboxylic acids is 3. The van der Waals surface area contributed by atoms with E-state index in [1.54, 1.807) is 0 Å². The van der Waals surface area contributed by atoms with E-state index in [9.17, 15) is 18.8 Å². The quantitative estimate of drug-likeness (QED) is 0.533. The van der Waals surface area contributed by atoms with E-state index in [-0.39, 0.29) is 0 Å². The van der Waals surface area contributed by atoms with Crippen LogP contribution in [0, 0.1) is 0 Å². The first kappa shape index (κ1) is 11.2. The minimum atomic E-state index is -2.14. The van der Waals surface area contributed by atoms with Crippen molar-refractivity contribution in [2.75, 3.05) is 6.61 Å². The van der Waals surface area contributed by atoms with Crippen molar-refractivity contribution in [3.05, 3.63) is 0 Å². The summed E-state index contributed by atoms with van der Waals surface area (Å²) in [6.07, 6.45) is -6.42. The maximum Gasteiger partial charge on any atom is 0.303 e. The average Bonchev–Trinajstić information content (AvgIpc) is 2.80. The van der Waals surface area contributed by atoms with Crippen LogP contribution >= 0.6 is 0 Å². The third kappa shape index (κ3) is 4.47. The SMILES string of the molecule is [2H]CC(=O)OC[C@H]1OC(F)[C@H](OC(=O)C[2H])[C@H]1OC(=O)C[2H]. The zero-order valence-electron chi connectivity index (χ0n) is 12.9. The van der Waals surface area contributed by atoms with Crippen LogP contribution in [-0.2, 0) is 33.3 Å². The minimum absolute atomic E-state index is 0.511. The highest BCUT2D eigenvalue weighted by atomic mass is 19.1. The van der Waals surface area contributed by atoms with Crippen molar-refractivity contribution in [2.45, 2.75) is 45.4 Å². The van der Waals surface area contributed by atoms with Gasteiger partial charge in [-0.15, -0.1) is 0 Å². The fraction of sp³-hybridized carbons (Fsp3) is 0.727. The Balaban J connectivity index is 2.79. The monoisotopic (exact) mass is 281 g/mol. The molecule has 0 N–H and O–H groups in total. The van der Waals surface area contributed by atoms with Crippen LogP contribution in [0.2, 0.25) is 0 Å². The first-order chi connectivity index (χ1) is 10.4. The molecule has 0 radical (unpaired) electrons. The van der Waals surface area contributed by atoms with Gasteiger partial charge in [0.15, 0.2) is 12.2 Å². The second-order valence-corrected chi connectivity index (χ2v) is 3.62. The van der Waals surface area contributed by atoms with Crippen molar-refractivity contribution < 1.29 is 41.8 Å². The number of rotatable bonds is 4. The van der Waals surface area contributed by atoms with Crippen LogP contribution in [0.1, 0.15) is 24.8 Å². The normalized spacial score (nSPS) is 31.7. The first-order valence-electron chi connectivity index (χ1n) is 7.26. The Morgan fingerprint density at radius 1 is 1.11 bits per heavy atom. The van der Waals surface area contributed by atoms with Crippen molar-refractivity contribution in [1.82, 2.24) is 0 Å². The summed E-state index contributed by atoms with van der Waals surface area (Å²) in [6, 6.07) is 0. The fourth-order valence-electron chi connectivity index (χ4n) is 1.56. The maximum atomic E-state index is 13.8. The molecular formula is C11H15FO7. The molecule has 0 amide bonds. The molecule has 8 heteroatoms. The second kappa shape index (κ2) is 6.46. The number of ether oxygens (including phenoxy) is 4. The van der Waals surface area contributed by atoms with E-state index in [1.165, 1.54) is 0 Å². The molecule has 1 rings (SSSR count). The van der Waals surface area contributed by atoms with Crippen molar-refractivity contribution in [1.29, 1.82) is 0 Å². The molecular weight excluding hydrogens is 263 g/mol. The molecule has 0 bridgehead atoms. The molecule has 0 aromatic rings. The van der Waals surface area contributed by atoms with Gasteiger partial charge in [0.05, 0.1) is 0 Å². The summed E-state index contributed by atoms with van der Waals surface area (Å²) in [4.78, 5) is 33.3. The summed E-state index contributed by atoms with van der Waals surface area (Å²) in [5.74, 6) is -2.95. The van der Waals surface area contributed by atoms with Crippen LogP contribution in [0.3, 0.4) is 0 Å². The fourth-order valence-corrected chi connectivity index (χ4v) is 1.56. The second-order valence-electron chi connectivity index (χ2n) is 3.62. The van der Waals surface area contributed by atoms with Crippen LogP contribution in [0.25, 0.3) is 0 Å². The van der Waals surface area contributed by atoms with E-state index in [0.29, 0.717) is 0 Å². The van der Waals surface area contributed by atoms with Gasteiger partial charge in [-0.3, -0.25) is 14.4 Å². The Labute approximate surface area is 113 Å². The number of alkyl halides is 1. The Hall–Kier alpha value is -1.70. The lowest BCUT2D eigenvalue weighted by molar-refractivity contribution is -0.167. The lowest BCUT2D eigenvalue weighted by atomic mass is 10.1. The van der Waals surface area contributed by atoms with E-state index in [4.69, 9.17) is 13.6 Å². The van der Waals surface area contributed by atoms with Crippen molar-refractivity contribution in [3.8, 4) is 0 Å². The van der Waals surface area contributed by atoms with E-state index in [0.717, 1.165) is 0 Å². The topological polar surface area (TPSA) is 88.1 Å². The molecule has 4 atom stereocenters. The van der Waals surface area contributed by atoms with E-state index in [2.05, 4.69) is 9.47 Å². The van der Waals surface area contributed by atoms with Gasteiger partial charge >= 0.3 is 17.9 Å². The van der Waals surface area contributed by atoms with Gasteiger partial charge in [-0.25, -0.2) is 4.39 Å². The molecule has 1 aliphatic heterocycles. The molecule has 0 aromatic carbocycles. The molecule has 1 aliphatic rings. The van der Waals surface area contributed by atoms with Crippen LogP contribution in [0.15, 0.2) is 0 Å². The largest absolute Gasteiger partial charge is 0.463 e. The number of carbonyl (C=O) groups is 3. The molecule has 7 nitrogen and oxygen atoms in total. The van der Waals surface area contributed by atoms with Crippen molar-refractivity contribution in [3.63, 3.8) is 0 Å². The molecule has 1 fully saturated rings. The maximum absolute atomic E-state index is 13.8. The highest BCUT2D eigenvalue weighted by molar-refractivity contribution is 5.67. The van der Waals surface area contributed by atoms with E-state index in [1.807, 2.05) is 0 Å². The van der Waals surface area contributed by atoms with Crippen LogP contribution in [-0.4, -0.2) is 49.2 Å². The van der Waals surface area contributed by atoms with Crippen LogP contribution in [0.4, 0.5) is 4.39 Å². The minimum Gasteiger partial charge on any atom is -0.463 e. The van der Waals surface area contributed by atoms with Crippen LogP contribution < -0.4 is 0 Å². The summed E-state index contributed by atoms with van der Waals surface area (Å²) in [7, 11) is 0. The van der Waals surface area contributed by atoms with Gasteiger partial charge in [-0.05, 0) is 0 Å². The average molecular weight is 281 g/mol. The highest BCUT2D eigenvalue weighted by Crippen LogP contribution is 2.28. The Bertz CT molecular complexity index is 422. The molecule has 108 valence electrons. The Kier molecular flexibility index (Phi) is 3.79. The number of hydrogen-bond donors (Lipinski definition) is 0. The third-order valence-corrected chi connectivity index (χ3v) is 2.20. The summed E-state index contributed by atoms with van der Waals surface area (Å²) in [5, 5.41) is 0. The standard InChI is InChI=1S/C11H15FO7/c1-5(13)16-4-8-9(17-6(2)14)10(11(12)19-8)18-7(3)15/h8-11H,4H2,1-3H3/t8-,9+,10-,11?/m1/s1/i1D,2D,3D. The molecule has 1 unspecified atom stereocenters. The van der Waals surface area contributed by atoms with Gasteiger partial charge in [0, 0.05) is 24.8 Å². The lowest BCUT2D eigenvalue weighted by Gasteiger charge is -2.21. The van der Waals surface area contributed by atoms with Gasteiger partial charge < -0.3 is 18.9 Å². The van der Waals surface area contributed by atoms with Gasteiger partial charge in [-0.1, -0.05) is 0 Å². The lowest BCUT2D eigenvalue weighted by Crippen LogP contribution is -2.40. The molecule has 19 heavy (non-hydrogen) atoms. The van der Waals surface area contributed by atoms with Gasteiger partial charge in [0.25, 0.3) is 0 Å². The zero-order valence-corrected chi connectivity index (χ0v) is 9.87. The zero-order chi connectivity index (χ0) is 16.7. The van der Waals surface area contributed by atoms with Crippen molar-refractivity contribution in [2.24, 2.45) is 0 Å².